The van der Waals surface area contributed by atoms with Gasteiger partial charge in [0.05, 0.1) is 78.9 Å². The first-order chi connectivity index (χ1) is 63.9. The summed E-state index contributed by atoms with van der Waals surface area (Å²) in [6.45, 7) is 0. The van der Waals surface area contributed by atoms with Crippen LogP contribution in [0.3, 0.4) is 0 Å². The molecular formula is C113H86N6O9S2. The van der Waals surface area contributed by atoms with Crippen LogP contribution in [0.5, 0.6) is 46.0 Å². The van der Waals surface area contributed by atoms with Gasteiger partial charge in [-0.05, 0) is 361 Å². The molecule has 0 radical (unpaired) electrons. The van der Waals surface area contributed by atoms with E-state index >= 15 is 0 Å². The fraction of sp³-hybridized carbons (Fsp3) is 0.0708. The number of fused-ring (bicyclic) bond motifs is 9. The van der Waals surface area contributed by atoms with Gasteiger partial charge in [-0.1, -0.05) is 48.5 Å². The van der Waals surface area contributed by atoms with Crippen molar-refractivity contribution < 1.29 is 42.7 Å². The van der Waals surface area contributed by atoms with Crippen LogP contribution in [0.15, 0.2) is 376 Å². The minimum absolute atomic E-state index is 0.0284. The van der Waals surface area contributed by atoms with Gasteiger partial charge in [0, 0.05) is 132 Å². The third-order valence-electron chi connectivity index (χ3n) is 24.6. The molecule has 15 nitrogen and oxygen atoms in total. The van der Waals surface area contributed by atoms with Gasteiger partial charge in [-0.2, -0.15) is 0 Å². The highest BCUT2D eigenvalue weighted by Gasteiger charge is 2.30. The summed E-state index contributed by atoms with van der Waals surface area (Å²) in [6.07, 6.45) is 0. The number of hydrogen-bond acceptors (Lipinski definition) is 15. The number of thiophene rings is 2. The molecule has 1 aliphatic carbocycles. The predicted molar refractivity (Wildman–Crippen MR) is 533 cm³/mol. The van der Waals surface area contributed by atoms with Crippen LogP contribution in [-0.4, -0.2) is 71.8 Å². The van der Waals surface area contributed by atoms with E-state index in [2.05, 4.69) is 308 Å². The molecule has 0 amide bonds. The number of anilines is 12. The van der Waals surface area contributed by atoms with Crippen LogP contribution in [0.2, 0.25) is 0 Å². The van der Waals surface area contributed by atoms with Crippen LogP contribution >= 0.6 is 22.7 Å². The zero-order valence-corrected chi connectivity index (χ0v) is 74.1. The Hall–Kier alpha value is -16.2. The van der Waals surface area contributed by atoms with Crippen LogP contribution in [-0.2, 0) is 0 Å². The van der Waals surface area contributed by atoms with Gasteiger partial charge in [0.1, 0.15) is 46.0 Å². The molecule has 130 heavy (non-hydrogen) atoms. The van der Waals surface area contributed by atoms with Crippen molar-refractivity contribution in [1.82, 2.24) is 9.13 Å². The van der Waals surface area contributed by atoms with Crippen LogP contribution < -0.4 is 57.5 Å². The highest BCUT2D eigenvalue weighted by atomic mass is 32.1. The number of ketones is 1. The maximum Gasteiger partial charge on any atom is 0.194 e. The lowest BCUT2D eigenvalue weighted by atomic mass is 10.0. The Morgan fingerprint density at radius 2 is 0.385 bits per heavy atom. The molecule has 0 N–H and O–H groups in total. The Balaban J connectivity index is 0.570. The monoisotopic (exact) mass is 1730 g/mol. The van der Waals surface area contributed by atoms with E-state index in [-0.39, 0.29) is 5.78 Å². The lowest BCUT2D eigenvalue weighted by Gasteiger charge is -2.26. The molecule has 0 bridgehead atoms. The van der Waals surface area contributed by atoms with Crippen molar-refractivity contribution in [3.63, 3.8) is 0 Å². The summed E-state index contributed by atoms with van der Waals surface area (Å²) >= 11 is 3.44. The topological polar surface area (TPSA) is 114 Å². The SMILES string of the molecule is COc1ccc(N(c2ccc(OC)cc2)c2ccc3c(c2)c2cc(N(c4ccc(OC)cc4)c4ccc(OC)cc4)ccc2n3-c2ccc(-c3ccc(-c4ccc5c(c4)C(=O)c4cc(-c6ccc(-c7ccc(-n8c9ccc(N(c%10ccc(OC)cc%10)c%10ccc(OC)cc%10)cc9c9cc(N(c%10ccc(OC)cc%10)c%10ccc(OC)cc%10)ccc98)cc7)s6)ccc4-5)s3)cc2)cc1. The molecular weight excluding hydrogens is 1650 g/mol. The number of nitrogens with zero attached hydrogens (tertiary/aromatic N) is 6. The number of hydrogen-bond donors (Lipinski definition) is 0. The summed E-state index contributed by atoms with van der Waals surface area (Å²) in [5.41, 5.74) is 25.3. The van der Waals surface area contributed by atoms with Gasteiger partial charge in [0.2, 0.25) is 0 Å². The Labute approximate surface area is 761 Å². The number of carbonyl (C=O) groups excluding carboxylic acids is 1. The molecule has 634 valence electrons. The molecule has 4 heterocycles. The van der Waals surface area contributed by atoms with Crippen LogP contribution in [0, 0.1) is 0 Å². The quantitative estimate of drug-likeness (QED) is 0.0513. The molecule has 20 aromatic rings. The summed E-state index contributed by atoms with van der Waals surface area (Å²) in [6, 6.07) is 131. The van der Waals surface area contributed by atoms with Crippen molar-refractivity contribution in [3.8, 4) is 110 Å². The van der Waals surface area contributed by atoms with E-state index in [1.165, 1.54) is 0 Å². The summed E-state index contributed by atoms with van der Waals surface area (Å²) in [5.74, 6) is 6.20. The fourth-order valence-electron chi connectivity index (χ4n) is 18.0. The van der Waals surface area contributed by atoms with Gasteiger partial charge in [0.25, 0.3) is 0 Å². The van der Waals surface area contributed by atoms with E-state index < -0.39 is 0 Å². The van der Waals surface area contributed by atoms with Crippen molar-refractivity contribution >= 4 is 140 Å². The maximum absolute atomic E-state index is 14.9. The molecule has 0 fully saturated rings. The second-order valence-electron chi connectivity index (χ2n) is 31.7. The van der Waals surface area contributed by atoms with Gasteiger partial charge in [-0.25, -0.2) is 0 Å². The summed E-state index contributed by atoms with van der Waals surface area (Å²) < 4.78 is 49.9. The van der Waals surface area contributed by atoms with Crippen molar-refractivity contribution in [2.24, 2.45) is 0 Å². The molecule has 21 rings (SSSR count). The molecule has 0 spiro atoms. The van der Waals surface area contributed by atoms with Crippen LogP contribution in [0.1, 0.15) is 15.9 Å². The molecule has 1 aliphatic rings. The third-order valence-corrected chi connectivity index (χ3v) is 26.9. The largest absolute Gasteiger partial charge is 0.497 e. The van der Waals surface area contributed by atoms with Gasteiger partial charge in [-0.3, -0.25) is 4.79 Å². The van der Waals surface area contributed by atoms with E-state index in [1.807, 2.05) is 97.1 Å². The average Bonchev–Trinajstić information content (AvgIpc) is 1.58. The molecule has 0 unspecified atom stereocenters. The number of rotatable bonds is 26. The van der Waals surface area contributed by atoms with Crippen LogP contribution in [0.4, 0.5) is 68.2 Å². The number of carbonyl (C=O) groups is 1. The van der Waals surface area contributed by atoms with E-state index in [4.69, 9.17) is 37.9 Å². The first-order valence-corrected chi connectivity index (χ1v) is 44.3. The average molecular weight is 1740 g/mol. The summed E-state index contributed by atoms with van der Waals surface area (Å²) in [5, 5.41) is 4.27. The minimum atomic E-state index is 0.0284. The van der Waals surface area contributed by atoms with Crippen molar-refractivity contribution in [3.05, 3.63) is 387 Å². The molecule has 16 aromatic carbocycles. The molecule has 4 aromatic heterocycles. The van der Waals surface area contributed by atoms with Crippen molar-refractivity contribution in [2.75, 3.05) is 76.5 Å². The van der Waals surface area contributed by atoms with Gasteiger partial charge in [-0.15, -0.1) is 22.7 Å². The lowest BCUT2D eigenvalue weighted by Crippen LogP contribution is -2.10. The van der Waals surface area contributed by atoms with Gasteiger partial charge in [0.15, 0.2) is 5.78 Å². The Kier molecular flexibility index (Phi) is 21.3. The highest BCUT2D eigenvalue weighted by Crippen LogP contribution is 2.50. The normalized spacial score (nSPS) is 11.6. The van der Waals surface area contributed by atoms with E-state index in [0.29, 0.717) is 11.1 Å². The van der Waals surface area contributed by atoms with E-state index in [1.54, 1.807) is 79.6 Å². The molecule has 0 atom stereocenters. The van der Waals surface area contributed by atoms with Gasteiger partial charge >= 0.3 is 0 Å². The first-order valence-electron chi connectivity index (χ1n) is 42.7. The Morgan fingerprint density at radius 1 is 0.192 bits per heavy atom. The standard InChI is InChI=1S/C113H86N6O9S2/c1-121-89-39-19-75(20-40-89)114(76-21-41-90(122-2)42-22-76)85-35-57-105-99(67-85)100-68-86(115(77-23-43-91(123-3)44-24-77)78-25-45-92(124-4)46-26-78)36-58-106(100)118(105)83-15-9-71(10-16-83)109-61-63-111(129-109)73-13-55-97-98-56-14-74(66-104(98)113(120)103(97)65-73)112-64-62-110(130-112)72-11-17-84(18-12-72)119-107-59-37-87(116(79-27-47-93(125-5)48-28-79)80-29-49-94(126-6)50-30-80)69-101(107)102-70-88(38-60-108(102)119)117(81-31-51-95(127-7)52-32-81)82-33-53-96(128-8)54-34-82/h9-70H,1-8H3. The van der Waals surface area contributed by atoms with Crippen molar-refractivity contribution in [2.45, 2.75) is 0 Å². The maximum atomic E-state index is 14.9. The number of ether oxygens (including phenoxy) is 8. The highest BCUT2D eigenvalue weighted by molar-refractivity contribution is 7.19. The molecule has 0 aliphatic heterocycles. The first kappa shape index (κ1) is 80.9. The van der Waals surface area contributed by atoms with Crippen molar-refractivity contribution in [1.29, 1.82) is 0 Å². The van der Waals surface area contributed by atoms with Crippen LogP contribution in [0.25, 0.3) is 108 Å². The van der Waals surface area contributed by atoms with Gasteiger partial charge < -0.3 is 66.6 Å². The third kappa shape index (κ3) is 14.9. The molecule has 0 saturated carbocycles. The predicted octanol–water partition coefficient (Wildman–Crippen LogP) is 29.8. The number of aromatic nitrogens is 2. The zero-order chi connectivity index (χ0) is 88.2. The molecule has 0 saturated heterocycles. The second-order valence-corrected chi connectivity index (χ2v) is 33.8. The van der Waals surface area contributed by atoms with E-state index in [0.717, 1.165) is 222 Å². The Bertz CT molecular complexity index is 6670. The molecule has 17 heteroatoms. The second kappa shape index (κ2) is 34.3. The minimum Gasteiger partial charge on any atom is -0.497 e. The number of benzene rings is 16. The van der Waals surface area contributed by atoms with E-state index in [9.17, 15) is 4.79 Å². The summed E-state index contributed by atoms with van der Waals surface area (Å²) in [4.78, 5) is 28.3. The number of methoxy groups -OCH3 is 8. The smallest absolute Gasteiger partial charge is 0.194 e. The Morgan fingerprint density at radius 3 is 0.592 bits per heavy atom. The summed E-state index contributed by atoms with van der Waals surface area (Å²) in [7, 11) is 13.5. The fourth-order valence-corrected chi connectivity index (χ4v) is 20.0. The zero-order valence-electron chi connectivity index (χ0n) is 72.5. The lowest BCUT2D eigenvalue weighted by molar-refractivity contribution is 0.104.